The molecule has 0 bridgehead atoms. The van der Waals surface area contributed by atoms with Crippen LogP contribution in [0.15, 0.2) is 0 Å². The molecular formula is C11H25BNO3PS. The Bertz CT molecular complexity index is 317. The average molecular weight is 293 g/mol. The van der Waals surface area contributed by atoms with E-state index in [0.717, 1.165) is 6.42 Å². The maximum absolute atomic E-state index is 12.3. The first-order valence-electron chi connectivity index (χ1n) is 6.59. The lowest BCUT2D eigenvalue weighted by Crippen LogP contribution is -2.38. The summed E-state index contributed by atoms with van der Waals surface area (Å²) >= 11 is 4.28. The van der Waals surface area contributed by atoms with Gasteiger partial charge in [0.2, 0.25) is 6.49 Å². The van der Waals surface area contributed by atoms with E-state index in [1.54, 1.807) is 0 Å². The molecule has 0 amide bonds. The van der Waals surface area contributed by atoms with Crippen molar-refractivity contribution in [2.45, 2.75) is 64.0 Å². The number of ether oxygens (including phenoxy) is 2. The molecule has 1 aliphatic rings. The minimum absolute atomic E-state index is 0.0170. The molecule has 0 aromatic carbocycles. The minimum atomic E-state index is -2.62. The van der Waals surface area contributed by atoms with Gasteiger partial charge in [-0.05, 0) is 20.3 Å². The van der Waals surface area contributed by atoms with E-state index in [1.165, 1.54) is 0 Å². The highest BCUT2D eigenvalue weighted by molar-refractivity contribution is 8.47. The Hall–Kier alpha value is 0.525. The first-order chi connectivity index (χ1) is 8.22. The molecule has 7 heteroatoms. The van der Waals surface area contributed by atoms with Gasteiger partial charge in [0.25, 0.3) is 0 Å². The lowest BCUT2D eigenvalue weighted by molar-refractivity contribution is -0.0206. The molecule has 4 nitrogen and oxygen atoms in total. The Morgan fingerprint density at radius 1 is 1.50 bits per heavy atom. The summed E-state index contributed by atoms with van der Waals surface area (Å²) in [5.41, 5.74) is 0.0170. The first-order valence-corrected chi connectivity index (χ1v) is 9.52. The maximum Gasteiger partial charge on any atom is 0.200 e. The maximum atomic E-state index is 12.3. The lowest BCUT2D eigenvalue weighted by Gasteiger charge is -2.26. The van der Waals surface area contributed by atoms with Gasteiger partial charge in [0, 0.05) is 17.7 Å². The highest BCUT2D eigenvalue weighted by Crippen LogP contribution is 2.52. The SMILES string of the molecule is BC1CC(NP(=O)(S)C(C)C)C(COC(C)C)O1. The van der Waals surface area contributed by atoms with E-state index in [1.807, 2.05) is 35.5 Å². The lowest BCUT2D eigenvalue weighted by atomic mass is 9.95. The van der Waals surface area contributed by atoms with Crippen molar-refractivity contribution >= 4 is 26.6 Å². The van der Waals surface area contributed by atoms with Crippen molar-refractivity contribution in [3.63, 3.8) is 0 Å². The van der Waals surface area contributed by atoms with E-state index in [0.29, 0.717) is 6.61 Å². The molecule has 4 unspecified atom stereocenters. The van der Waals surface area contributed by atoms with Gasteiger partial charge >= 0.3 is 0 Å². The van der Waals surface area contributed by atoms with Crippen molar-refractivity contribution in [3.05, 3.63) is 0 Å². The smallest absolute Gasteiger partial charge is 0.200 e. The summed E-state index contributed by atoms with van der Waals surface area (Å²) in [5.74, 6) is 0. The summed E-state index contributed by atoms with van der Waals surface area (Å²) < 4.78 is 23.7. The molecule has 1 heterocycles. The van der Waals surface area contributed by atoms with Gasteiger partial charge in [-0.15, -0.1) is 0 Å². The van der Waals surface area contributed by atoms with Crippen LogP contribution >= 0.6 is 18.7 Å². The van der Waals surface area contributed by atoms with Crippen LogP contribution in [0.25, 0.3) is 0 Å². The molecule has 1 aliphatic heterocycles. The van der Waals surface area contributed by atoms with Crippen molar-refractivity contribution < 1.29 is 14.0 Å². The topological polar surface area (TPSA) is 47.6 Å². The second kappa shape index (κ2) is 6.80. The predicted molar refractivity (Wildman–Crippen MR) is 81.6 cm³/mol. The molecule has 0 saturated carbocycles. The van der Waals surface area contributed by atoms with Gasteiger partial charge in [0.05, 0.1) is 18.8 Å². The molecule has 4 atom stereocenters. The fourth-order valence-corrected chi connectivity index (χ4v) is 3.41. The van der Waals surface area contributed by atoms with Crippen LogP contribution in [0.5, 0.6) is 0 Å². The van der Waals surface area contributed by atoms with Crippen molar-refractivity contribution in [1.82, 2.24) is 5.09 Å². The largest absolute Gasteiger partial charge is 0.380 e. The molecule has 1 fully saturated rings. The molecule has 0 aromatic rings. The summed E-state index contributed by atoms with van der Waals surface area (Å²) in [5, 5.41) is 3.17. The summed E-state index contributed by atoms with van der Waals surface area (Å²) in [6.07, 6.45) is 0.989. The molecule has 106 valence electrons. The van der Waals surface area contributed by atoms with Crippen LogP contribution in [0.2, 0.25) is 0 Å². The highest BCUT2D eigenvalue weighted by Gasteiger charge is 2.37. The van der Waals surface area contributed by atoms with Crippen LogP contribution in [-0.2, 0) is 14.0 Å². The molecule has 1 rings (SSSR count). The number of thiol groups is 1. The zero-order valence-electron chi connectivity index (χ0n) is 11.9. The highest BCUT2D eigenvalue weighted by atomic mass is 32.7. The monoisotopic (exact) mass is 293 g/mol. The van der Waals surface area contributed by atoms with E-state index in [4.69, 9.17) is 9.47 Å². The second-order valence-electron chi connectivity index (χ2n) is 5.56. The van der Waals surface area contributed by atoms with Crippen LogP contribution in [0.4, 0.5) is 0 Å². The molecule has 0 aromatic heterocycles. The molecule has 0 spiro atoms. The van der Waals surface area contributed by atoms with E-state index in [2.05, 4.69) is 17.3 Å². The Labute approximate surface area is 117 Å². The van der Waals surface area contributed by atoms with Gasteiger partial charge in [-0.1, -0.05) is 26.1 Å². The zero-order valence-corrected chi connectivity index (χ0v) is 13.7. The van der Waals surface area contributed by atoms with Crippen LogP contribution in [0.1, 0.15) is 34.1 Å². The van der Waals surface area contributed by atoms with Crippen molar-refractivity contribution in [2.24, 2.45) is 0 Å². The van der Waals surface area contributed by atoms with Gasteiger partial charge in [0.15, 0.2) is 0 Å². The van der Waals surface area contributed by atoms with Crippen LogP contribution in [0, 0.1) is 0 Å². The number of rotatable bonds is 6. The van der Waals surface area contributed by atoms with Gasteiger partial charge in [0.1, 0.15) is 7.85 Å². The number of hydrogen-bond donors (Lipinski definition) is 2. The Kier molecular flexibility index (Phi) is 6.26. The van der Waals surface area contributed by atoms with E-state index in [9.17, 15) is 4.57 Å². The van der Waals surface area contributed by atoms with Crippen molar-refractivity contribution in [1.29, 1.82) is 0 Å². The fraction of sp³-hybridized carbons (Fsp3) is 1.00. The predicted octanol–water partition coefficient (Wildman–Crippen LogP) is 1.65. The Balaban J connectivity index is 2.59. The normalized spacial score (nSPS) is 32.1. The number of nitrogens with one attached hydrogen (secondary N) is 1. The molecule has 1 N–H and O–H groups in total. The molecule has 18 heavy (non-hydrogen) atoms. The van der Waals surface area contributed by atoms with Gasteiger partial charge in [-0.25, -0.2) is 0 Å². The van der Waals surface area contributed by atoms with Gasteiger partial charge < -0.3 is 9.47 Å². The summed E-state index contributed by atoms with van der Waals surface area (Å²) in [4.78, 5) is 0. The summed E-state index contributed by atoms with van der Waals surface area (Å²) in [6.45, 7) is 5.75. The fourth-order valence-electron chi connectivity index (χ4n) is 1.92. The third-order valence-corrected chi connectivity index (χ3v) is 6.92. The van der Waals surface area contributed by atoms with Gasteiger partial charge in [-0.2, -0.15) is 0 Å². The standard InChI is InChI=1S/C11H25BNO3PS/c1-7(2)15-6-10-9(5-11(12)16-10)13-17(14,18)8(3)4/h7-11H,5-6,12H2,1-4H3,(H2,13,14,18). The average Bonchev–Trinajstić information content (AvgIpc) is 2.54. The first kappa shape index (κ1) is 16.6. The van der Waals surface area contributed by atoms with E-state index in [-0.39, 0.29) is 29.9 Å². The Morgan fingerprint density at radius 3 is 2.61 bits per heavy atom. The van der Waals surface area contributed by atoms with Crippen LogP contribution in [-0.4, -0.2) is 44.4 Å². The third-order valence-electron chi connectivity index (χ3n) is 3.09. The molecular weight excluding hydrogens is 268 g/mol. The van der Waals surface area contributed by atoms with E-state index >= 15 is 0 Å². The molecule has 1 saturated heterocycles. The Morgan fingerprint density at radius 2 is 2.11 bits per heavy atom. The minimum Gasteiger partial charge on any atom is -0.380 e. The second-order valence-corrected chi connectivity index (χ2v) is 9.87. The van der Waals surface area contributed by atoms with Crippen molar-refractivity contribution in [3.8, 4) is 0 Å². The molecule has 0 aliphatic carbocycles. The molecule has 0 radical (unpaired) electrons. The van der Waals surface area contributed by atoms with Crippen molar-refractivity contribution in [2.75, 3.05) is 6.61 Å². The summed E-state index contributed by atoms with van der Waals surface area (Å²) in [6, 6.07) is 0.230. The summed E-state index contributed by atoms with van der Waals surface area (Å²) in [7, 11) is 2.03. The number of hydrogen-bond acceptors (Lipinski definition) is 3. The van der Waals surface area contributed by atoms with Gasteiger partial charge in [-0.3, -0.25) is 9.65 Å². The zero-order chi connectivity index (χ0) is 13.9. The quantitative estimate of drug-likeness (QED) is 0.444. The third kappa shape index (κ3) is 4.89. The van der Waals surface area contributed by atoms with Crippen LogP contribution < -0.4 is 5.09 Å². The van der Waals surface area contributed by atoms with Crippen LogP contribution in [0.3, 0.4) is 0 Å². The van der Waals surface area contributed by atoms with E-state index < -0.39 is 6.49 Å².